The van der Waals surface area contributed by atoms with Gasteiger partial charge in [-0.3, -0.25) is 0 Å². The first kappa shape index (κ1) is 15.5. The summed E-state index contributed by atoms with van der Waals surface area (Å²) in [4.78, 5) is 12.1. The number of esters is 1. The molecule has 21 heavy (non-hydrogen) atoms. The molecule has 0 saturated heterocycles. The molecule has 0 aliphatic carbocycles. The third-order valence-electron chi connectivity index (χ3n) is 2.88. The molecule has 0 fully saturated rings. The molecule has 110 valence electrons. The molecular weight excluding hydrogens is 313 g/mol. The summed E-state index contributed by atoms with van der Waals surface area (Å²) in [6.45, 7) is 0.0332. The Morgan fingerprint density at radius 2 is 2.00 bits per heavy atom. The molecule has 0 amide bonds. The van der Waals surface area contributed by atoms with E-state index in [1.54, 1.807) is 36.4 Å². The highest BCUT2D eigenvalue weighted by Crippen LogP contribution is 2.26. The summed E-state index contributed by atoms with van der Waals surface area (Å²) >= 11 is 11.8. The maximum absolute atomic E-state index is 12.1. The number of rotatable bonds is 4. The lowest BCUT2D eigenvalue weighted by molar-refractivity contribution is 0.0474. The molecule has 2 aromatic carbocycles. The highest BCUT2D eigenvalue weighted by atomic mass is 35.5. The minimum atomic E-state index is -0.544. The molecule has 0 unspecified atom stereocenters. The fourth-order valence-corrected chi connectivity index (χ4v) is 2.22. The Kier molecular flexibility index (Phi) is 4.94. The molecule has 2 rings (SSSR count). The Morgan fingerprint density at radius 1 is 1.24 bits per heavy atom. The Morgan fingerprint density at radius 3 is 2.67 bits per heavy atom. The van der Waals surface area contributed by atoms with Crippen molar-refractivity contribution in [2.24, 2.45) is 0 Å². The molecule has 0 aromatic heterocycles. The van der Waals surface area contributed by atoms with Gasteiger partial charge in [-0.05, 0) is 24.3 Å². The van der Waals surface area contributed by atoms with Crippen LogP contribution in [0.1, 0.15) is 15.9 Å². The molecule has 0 saturated carbocycles. The van der Waals surface area contributed by atoms with Gasteiger partial charge >= 0.3 is 5.97 Å². The molecule has 0 heterocycles. The van der Waals surface area contributed by atoms with Gasteiger partial charge < -0.3 is 15.2 Å². The van der Waals surface area contributed by atoms with Crippen molar-refractivity contribution < 1.29 is 14.3 Å². The normalized spacial score (nSPS) is 10.2. The van der Waals surface area contributed by atoms with Gasteiger partial charge in [0.05, 0.1) is 18.4 Å². The lowest BCUT2D eigenvalue weighted by Gasteiger charge is -2.10. The van der Waals surface area contributed by atoms with Gasteiger partial charge in [-0.1, -0.05) is 35.3 Å². The number of hydrogen-bond acceptors (Lipinski definition) is 4. The zero-order valence-electron chi connectivity index (χ0n) is 11.2. The van der Waals surface area contributed by atoms with E-state index in [0.717, 1.165) is 0 Å². The van der Waals surface area contributed by atoms with Crippen LogP contribution in [0.4, 0.5) is 5.69 Å². The maximum atomic E-state index is 12.1. The molecule has 0 radical (unpaired) electrons. The summed E-state index contributed by atoms with van der Waals surface area (Å²) in [6.07, 6.45) is 0. The predicted molar refractivity (Wildman–Crippen MR) is 83.0 cm³/mol. The number of halogens is 2. The number of carbonyl (C=O) groups excluding carboxylic acids is 1. The molecular formula is C15H13Cl2NO3. The maximum Gasteiger partial charge on any atom is 0.340 e. The Balaban J connectivity index is 2.12. The van der Waals surface area contributed by atoms with Crippen molar-refractivity contribution in [1.82, 2.24) is 0 Å². The first-order chi connectivity index (χ1) is 10.0. The minimum absolute atomic E-state index is 0.0332. The van der Waals surface area contributed by atoms with Crippen LogP contribution >= 0.6 is 23.2 Å². The SMILES string of the molecule is COc1cccc(C(=O)OCc2ccc(Cl)cc2Cl)c1N. The van der Waals surface area contributed by atoms with Crippen LogP contribution in [0, 0.1) is 0 Å². The van der Waals surface area contributed by atoms with Crippen molar-refractivity contribution in [1.29, 1.82) is 0 Å². The molecule has 0 bridgehead atoms. The van der Waals surface area contributed by atoms with Crippen molar-refractivity contribution in [3.63, 3.8) is 0 Å². The van der Waals surface area contributed by atoms with Gasteiger partial charge in [0.15, 0.2) is 0 Å². The van der Waals surface area contributed by atoms with Crippen molar-refractivity contribution in [2.45, 2.75) is 6.61 Å². The third-order valence-corrected chi connectivity index (χ3v) is 3.47. The van der Waals surface area contributed by atoms with Crippen LogP contribution in [-0.2, 0) is 11.3 Å². The van der Waals surface area contributed by atoms with Crippen LogP contribution in [0.2, 0.25) is 10.0 Å². The van der Waals surface area contributed by atoms with Crippen LogP contribution in [0.25, 0.3) is 0 Å². The highest BCUT2D eigenvalue weighted by molar-refractivity contribution is 6.35. The molecule has 0 spiro atoms. The number of methoxy groups -OCH3 is 1. The zero-order valence-corrected chi connectivity index (χ0v) is 12.7. The molecule has 2 N–H and O–H groups in total. The molecule has 0 aliphatic heterocycles. The second-order valence-corrected chi connectivity index (χ2v) is 5.08. The number of nitrogens with two attached hydrogens (primary N) is 1. The van der Waals surface area contributed by atoms with Crippen molar-refractivity contribution in [3.8, 4) is 5.75 Å². The molecule has 0 atom stereocenters. The van der Waals surface area contributed by atoms with Gasteiger partial charge in [-0.2, -0.15) is 0 Å². The average molecular weight is 326 g/mol. The number of ether oxygens (including phenoxy) is 2. The number of hydrogen-bond donors (Lipinski definition) is 1. The van der Waals surface area contributed by atoms with Gasteiger partial charge in [-0.15, -0.1) is 0 Å². The summed E-state index contributed by atoms with van der Waals surface area (Å²) in [6, 6.07) is 9.88. The average Bonchev–Trinajstić information content (AvgIpc) is 2.46. The Hall–Kier alpha value is -1.91. The fraction of sp³-hybridized carbons (Fsp3) is 0.133. The molecule has 2 aromatic rings. The first-order valence-corrected chi connectivity index (χ1v) is 6.82. The summed E-state index contributed by atoms with van der Waals surface area (Å²) in [5.74, 6) is -0.119. The van der Waals surface area contributed by atoms with Crippen LogP contribution < -0.4 is 10.5 Å². The van der Waals surface area contributed by atoms with Crippen LogP contribution in [0.15, 0.2) is 36.4 Å². The van der Waals surface area contributed by atoms with E-state index in [1.807, 2.05) is 0 Å². The van der Waals surface area contributed by atoms with E-state index in [0.29, 0.717) is 21.4 Å². The smallest absolute Gasteiger partial charge is 0.340 e. The molecule has 6 heteroatoms. The number of para-hydroxylation sites is 1. The van der Waals surface area contributed by atoms with Crippen molar-refractivity contribution >= 4 is 34.9 Å². The number of anilines is 1. The van der Waals surface area contributed by atoms with E-state index < -0.39 is 5.97 Å². The first-order valence-electron chi connectivity index (χ1n) is 6.06. The van der Waals surface area contributed by atoms with Crippen molar-refractivity contribution in [2.75, 3.05) is 12.8 Å². The second kappa shape index (κ2) is 6.70. The van der Waals surface area contributed by atoms with Gasteiger partial charge in [-0.25, -0.2) is 4.79 Å². The van der Waals surface area contributed by atoms with E-state index in [1.165, 1.54) is 7.11 Å². The van der Waals surface area contributed by atoms with Crippen LogP contribution in [0.3, 0.4) is 0 Å². The van der Waals surface area contributed by atoms with Crippen LogP contribution in [-0.4, -0.2) is 13.1 Å². The second-order valence-electron chi connectivity index (χ2n) is 4.23. The van der Waals surface area contributed by atoms with Gasteiger partial charge in [0.1, 0.15) is 12.4 Å². The predicted octanol–water partition coefficient (Wildman–Crippen LogP) is 3.94. The van der Waals surface area contributed by atoms with Gasteiger partial charge in [0.2, 0.25) is 0 Å². The van der Waals surface area contributed by atoms with E-state index >= 15 is 0 Å². The monoisotopic (exact) mass is 325 g/mol. The van der Waals surface area contributed by atoms with E-state index in [4.69, 9.17) is 38.4 Å². The summed E-state index contributed by atoms with van der Waals surface area (Å²) < 4.78 is 10.3. The lowest BCUT2D eigenvalue weighted by Crippen LogP contribution is -2.09. The standard InChI is InChI=1S/C15H13Cl2NO3/c1-20-13-4-2-3-11(14(13)18)15(19)21-8-9-5-6-10(16)7-12(9)17/h2-7H,8,18H2,1H3. The third kappa shape index (κ3) is 3.60. The summed E-state index contributed by atoms with van der Waals surface area (Å²) in [5.41, 5.74) is 7.00. The zero-order chi connectivity index (χ0) is 15.4. The summed E-state index contributed by atoms with van der Waals surface area (Å²) in [5, 5.41) is 0.959. The van der Waals surface area contributed by atoms with E-state index in [9.17, 15) is 4.79 Å². The quantitative estimate of drug-likeness (QED) is 0.683. The van der Waals surface area contributed by atoms with Gasteiger partial charge in [0, 0.05) is 15.6 Å². The minimum Gasteiger partial charge on any atom is -0.495 e. The van der Waals surface area contributed by atoms with E-state index in [2.05, 4.69) is 0 Å². The van der Waals surface area contributed by atoms with Crippen LogP contribution in [0.5, 0.6) is 5.75 Å². The van der Waals surface area contributed by atoms with Gasteiger partial charge in [0.25, 0.3) is 0 Å². The highest BCUT2D eigenvalue weighted by Gasteiger charge is 2.15. The van der Waals surface area contributed by atoms with Crippen molar-refractivity contribution in [3.05, 3.63) is 57.6 Å². The Bertz CT molecular complexity index is 674. The molecule has 4 nitrogen and oxygen atoms in total. The number of nitrogen functional groups attached to an aromatic ring is 1. The fourth-order valence-electron chi connectivity index (χ4n) is 1.76. The largest absolute Gasteiger partial charge is 0.495 e. The topological polar surface area (TPSA) is 61.5 Å². The Labute approximate surface area is 132 Å². The number of carbonyl (C=O) groups is 1. The lowest BCUT2D eigenvalue weighted by atomic mass is 10.1. The number of benzene rings is 2. The molecule has 0 aliphatic rings. The van der Waals surface area contributed by atoms with E-state index in [-0.39, 0.29) is 17.9 Å². The summed E-state index contributed by atoms with van der Waals surface area (Å²) in [7, 11) is 1.48.